The molecule has 0 spiro atoms. The number of para-hydroxylation sites is 2. The fourth-order valence-corrected chi connectivity index (χ4v) is 9.24. The molecule has 2 aliphatic heterocycles. The highest BCUT2D eigenvalue weighted by Crippen LogP contribution is 2.38. The van der Waals surface area contributed by atoms with E-state index in [1.807, 2.05) is 128 Å². The van der Waals surface area contributed by atoms with E-state index < -0.39 is 0 Å². The van der Waals surface area contributed by atoms with Crippen LogP contribution in [0.25, 0.3) is 44.6 Å². The zero-order valence-corrected chi connectivity index (χ0v) is 37.5. The van der Waals surface area contributed by atoms with Crippen molar-refractivity contribution in [2.24, 2.45) is 0 Å². The second kappa shape index (κ2) is 19.5. The maximum absolute atomic E-state index is 14.0. The standard InChI is InChI=1S/C50H49ClN12O4/c51-25-23-41(64)60-27-7-10-36(29-60)63-50-44(46(59-63)34-17-21-40(22-18-34)67-38-13-5-2-6-14-38)48(55-32-57-50)53-26-24-42(65)61-28-8-9-35(30-61)62-49-43(47(52)54-31-56-49)45(58-62)33-15-19-39(20-16-33)66-37-11-3-1-4-12-37/h1-6,11-22,31-32,35-36H,7-10,23-30H2,(H2,52,54,56)(H,53,55,57)/t35-,36-/m1/s1. The number of likely N-dealkylation sites (tertiary alicyclic amines) is 2. The van der Waals surface area contributed by atoms with E-state index in [9.17, 15) is 9.59 Å². The van der Waals surface area contributed by atoms with Gasteiger partial charge in [-0.25, -0.2) is 29.3 Å². The average molecular weight is 917 g/mol. The van der Waals surface area contributed by atoms with Gasteiger partial charge in [0, 0.05) is 62.6 Å². The molecule has 8 aromatic rings. The SMILES string of the molecule is Nc1ncnc2c1c(-c1ccc(Oc3ccccc3)cc1)nn2[C@@H]1CCCN(C(=O)CCNc2ncnc3c2c(-c2ccc(Oc4ccccc4)cc2)nn3[C@@H]2CCCN(C(=O)CCCl)C2)C1. The summed E-state index contributed by atoms with van der Waals surface area (Å²) in [4.78, 5) is 49.1. The molecule has 0 unspecified atom stereocenters. The van der Waals surface area contributed by atoms with Gasteiger partial charge in [-0.2, -0.15) is 10.2 Å². The number of nitrogens with zero attached hydrogens (tertiary/aromatic N) is 10. The topological polar surface area (TPSA) is 184 Å². The van der Waals surface area contributed by atoms with Crippen molar-refractivity contribution in [2.75, 3.05) is 49.7 Å². The average Bonchev–Trinajstić information content (AvgIpc) is 3.96. The molecule has 67 heavy (non-hydrogen) atoms. The molecule has 2 fully saturated rings. The number of anilines is 2. The summed E-state index contributed by atoms with van der Waals surface area (Å²) >= 11 is 5.96. The number of fused-ring (bicyclic) bond motifs is 2. The minimum atomic E-state index is -0.128. The van der Waals surface area contributed by atoms with E-state index in [0.717, 1.165) is 53.7 Å². The van der Waals surface area contributed by atoms with Gasteiger partial charge in [0.15, 0.2) is 11.3 Å². The molecule has 17 heteroatoms. The molecule has 0 saturated carbocycles. The quantitative estimate of drug-likeness (QED) is 0.0989. The maximum atomic E-state index is 14.0. The van der Waals surface area contributed by atoms with Gasteiger partial charge in [0.1, 0.15) is 58.7 Å². The van der Waals surface area contributed by atoms with Crippen LogP contribution >= 0.6 is 11.6 Å². The molecule has 2 amide bonds. The van der Waals surface area contributed by atoms with Gasteiger partial charge in [-0.15, -0.1) is 11.6 Å². The number of amides is 2. The molecule has 2 saturated heterocycles. The van der Waals surface area contributed by atoms with E-state index >= 15 is 0 Å². The second-order valence-electron chi connectivity index (χ2n) is 16.7. The van der Waals surface area contributed by atoms with Crippen molar-refractivity contribution < 1.29 is 19.1 Å². The Labute approximate surface area is 391 Å². The first-order valence-corrected chi connectivity index (χ1v) is 23.2. The van der Waals surface area contributed by atoms with Gasteiger partial charge in [-0.3, -0.25) is 9.59 Å². The number of hydrogen-bond donors (Lipinski definition) is 2. The van der Waals surface area contributed by atoms with Gasteiger partial charge >= 0.3 is 0 Å². The van der Waals surface area contributed by atoms with Crippen molar-refractivity contribution in [3.63, 3.8) is 0 Å². The molecule has 0 radical (unpaired) electrons. The minimum absolute atomic E-state index is 0.0103. The summed E-state index contributed by atoms with van der Waals surface area (Å²) in [6.45, 7) is 2.60. The normalized spacial score (nSPS) is 16.3. The molecule has 0 aliphatic carbocycles. The van der Waals surface area contributed by atoms with Gasteiger partial charge in [0.05, 0.1) is 22.9 Å². The highest BCUT2D eigenvalue weighted by atomic mass is 35.5. The van der Waals surface area contributed by atoms with Crippen LogP contribution in [0, 0.1) is 0 Å². The van der Waals surface area contributed by atoms with Crippen LogP contribution in [0.15, 0.2) is 122 Å². The largest absolute Gasteiger partial charge is 0.457 e. The monoisotopic (exact) mass is 916 g/mol. The Morgan fingerprint density at radius 3 is 1.63 bits per heavy atom. The van der Waals surface area contributed by atoms with E-state index in [1.54, 1.807) is 0 Å². The Bertz CT molecular complexity index is 3000. The number of rotatable bonds is 14. The molecule has 2 aliphatic rings. The molecule has 2 atom stereocenters. The Balaban J connectivity index is 0.868. The predicted octanol–water partition coefficient (Wildman–Crippen LogP) is 8.92. The van der Waals surface area contributed by atoms with Crippen LogP contribution in [0.4, 0.5) is 11.6 Å². The van der Waals surface area contributed by atoms with Crippen LogP contribution in [-0.2, 0) is 9.59 Å². The number of carbonyl (C=O) groups excluding carboxylic acids is 2. The molecule has 4 aromatic carbocycles. The van der Waals surface area contributed by atoms with Crippen LogP contribution in [0.3, 0.4) is 0 Å². The van der Waals surface area contributed by atoms with Crippen LogP contribution in [-0.4, -0.2) is 99.7 Å². The summed E-state index contributed by atoms with van der Waals surface area (Å²) in [5, 5.41) is 15.1. The summed E-state index contributed by atoms with van der Waals surface area (Å²) in [5.41, 5.74) is 10.8. The Hall–Kier alpha value is -7.59. The van der Waals surface area contributed by atoms with E-state index in [0.29, 0.717) is 83.9 Å². The summed E-state index contributed by atoms with van der Waals surface area (Å²) < 4.78 is 16.0. The predicted molar refractivity (Wildman–Crippen MR) is 257 cm³/mol. The summed E-state index contributed by atoms with van der Waals surface area (Å²) in [6.07, 6.45) is 6.76. The summed E-state index contributed by atoms with van der Waals surface area (Å²) in [6, 6.07) is 34.5. The Morgan fingerprint density at radius 1 is 0.612 bits per heavy atom. The summed E-state index contributed by atoms with van der Waals surface area (Å²) in [7, 11) is 0. The van der Waals surface area contributed by atoms with Crippen molar-refractivity contribution in [2.45, 2.75) is 50.6 Å². The van der Waals surface area contributed by atoms with Gasteiger partial charge in [0.2, 0.25) is 11.8 Å². The fourth-order valence-electron chi connectivity index (χ4n) is 9.07. The van der Waals surface area contributed by atoms with Crippen molar-refractivity contribution in [1.82, 2.24) is 49.3 Å². The van der Waals surface area contributed by atoms with E-state index in [2.05, 4.69) is 15.3 Å². The third kappa shape index (κ3) is 9.29. The van der Waals surface area contributed by atoms with Crippen LogP contribution < -0.4 is 20.5 Å². The van der Waals surface area contributed by atoms with Gasteiger partial charge < -0.3 is 30.3 Å². The first-order valence-electron chi connectivity index (χ1n) is 22.6. The van der Waals surface area contributed by atoms with Crippen molar-refractivity contribution in [3.8, 4) is 45.5 Å². The molecule has 10 rings (SSSR count). The fraction of sp³-hybridized carbons (Fsp3) is 0.280. The molecule has 0 bridgehead atoms. The molecular formula is C50H49ClN12O4. The van der Waals surface area contributed by atoms with Crippen LogP contribution in [0.5, 0.6) is 23.0 Å². The second-order valence-corrected chi connectivity index (χ2v) is 17.1. The number of nitrogen functional groups attached to an aromatic ring is 1. The number of ether oxygens (including phenoxy) is 2. The molecular weight excluding hydrogens is 868 g/mol. The number of benzene rings is 4. The lowest BCUT2D eigenvalue weighted by Gasteiger charge is -2.33. The van der Waals surface area contributed by atoms with E-state index in [4.69, 9.17) is 47.0 Å². The third-order valence-electron chi connectivity index (χ3n) is 12.4. The molecule has 3 N–H and O–H groups in total. The summed E-state index contributed by atoms with van der Waals surface area (Å²) in [5.74, 6) is 4.09. The van der Waals surface area contributed by atoms with Gasteiger partial charge in [-0.1, -0.05) is 36.4 Å². The Kier molecular flexibility index (Phi) is 12.6. The minimum Gasteiger partial charge on any atom is -0.457 e. The zero-order valence-electron chi connectivity index (χ0n) is 36.7. The lowest BCUT2D eigenvalue weighted by atomic mass is 10.1. The van der Waals surface area contributed by atoms with Gasteiger partial charge in [0.25, 0.3) is 0 Å². The Morgan fingerprint density at radius 2 is 1.09 bits per heavy atom. The number of nitrogens with two attached hydrogens (primary N) is 1. The van der Waals surface area contributed by atoms with Crippen molar-refractivity contribution >= 4 is 57.1 Å². The number of halogens is 1. The first kappa shape index (κ1) is 43.3. The van der Waals surface area contributed by atoms with Crippen LogP contribution in [0.1, 0.15) is 50.6 Å². The highest BCUT2D eigenvalue weighted by molar-refractivity contribution is 6.18. The lowest BCUT2D eigenvalue weighted by Crippen LogP contribution is -2.41. The number of piperidine rings is 2. The zero-order chi connectivity index (χ0) is 45.7. The number of alkyl halides is 1. The van der Waals surface area contributed by atoms with Crippen molar-refractivity contribution in [1.29, 1.82) is 0 Å². The lowest BCUT2D eigenvalue weighted by molar-refractivity contribution is -0.133. The number of hydrogen-bond acceptors (Lipinski definition) is 12. The number of nitrogens with one attached hydrogen (secondary N) is 1. The van der Waals surface area contributed by atoms with E-state index in [1.165, 1.54) is 12.7 Å². The molecule has 6 heterocycles. The third-order valence-corrected chi connectivity index (χ3v) is 12.5. The molecule has 4 aromatic heterocycles. The first-order chi connectivity index (χ1) is 32.9. The van der Waals surface area contributed by atoms with Crippen molar-refractivity contribution in [3.05, 3.63) is 122 Å². The van der Waals surface area contributed by atoms with Crippen LogP contribution in [0.2, 0.25) is 0 Å². The maximum Gasteiger partial charge on any atom is 0.224 e. The number of carbonyl (C=O) groups is 2. The smallest absolute Gasteiger partial charge is 0.224 e. The molecule has 340 valence electrons. The van der Waals surface area contributed by atoms with E-state index in [-0.39, 0.29) is 42.6 Å². The highest BCUT2D eigenvalue weighted by Gasteiger charge is 2.31. The van der Waals surface area contributed by atoms with Gasteiger partial charge in [-0.05, 0) is 98.5 Å². The molecule has 16 nitrogen and oxygen atoms in total. The number of aromatic nitrogens is 8.